The summed E-state index contributed by atoms with van der Waals surface area (Å²) in [4.78, 5) is 4.42. The van der Waals surface area contributed by atoms with Gasteiger partial charge in [-0.1, -0.05) is 19.8 Å². The molecular formula is C13H18N2OS. The van der Waals surface area contributed by atoms with E-state index < -0.39 is 0 Å². The zero-order chi connectivity index (χ0) is 12.1. The number of nitrogen functional groups attached to an aromatic ring is 1. The number of oxazole rings is 1. The lowest BCUT2D eigenvalue weighted by atomic mass is 10.3. The molecule has 0 fully saturated rings. The van der Waals surface area contributed by atoms with Crippen LogP contribution >= 0.6 is 11.8 Å². The van der Waals surface area contributed by atoms with Crippen molar-refractivity contribution in [3.63, 3.8) is 0 Å². The van der Waals surface area contributed by atoms with Gasteiger partial charge in [0.15, 0.2) is 5.58 Å². The summed E-state index contributed by atoms with van der Waals surface area (Å²) in [7, 11) is 0. The van der Waals surface area contributed by atoms with Crippen LogP contribution in [-0.4, -0.2) is 10.7 Å². The second-order valence-corrected chi connectivity index (χ2v) is 5.20. The van der Waals surface area contributed by atoms with Crippen molar-refractivity contribution in [1.29, 1.82) is 0 Å². The molecule has 0 aliphatic rings. The van der Waals surface area contributed by atoms with E-state index in [0.29, 0.717) is 0 Å². The Kier molecular flexibility index (Phi) is 4.31. The lowest BCUT2D eigenvalue weighted by Gasteiger charge is -1.96. The van der Waals surface area contributed by atoms with E-state index in [1.54, 1.807) is 0 Å². The molecule has 92 valence electrons. The van der Waals surface area contributed by atoms with Crippen LogP contribution in [-0.2, 0) is 5.75 Å². The van der Waals surface area contributed by atoms with Crippen LogP contribution in [0.4, 0.5) is 5.69 Å². The van der Waals surface area contributed by atoms with Crippen molar-refractivity contribution in [1.82, 2.24) is 4.98 Å². The van der Waals surface area contributed by atoms with Gasteiger partial charge < -0.3 is 10.2 Å². The smallest absolute Gasteiger partial charge is 0.205 e. The maximum Gasteiger partial charge on any atom is 0.205 e. The van der Waals surface area contributed by atoms with Gasteiger partial charge in [0.25, 0.3) is 0 Å². The number of aromatic nitrogens is 1. The van der Waals surface area contributed by atoms with Crippen molar-refractivity contribution in [3.8, 4) is 0 Å². The van der Waals surface area contributed by atoms with Crippen molar-refractivity contribution in [3.05, 3.63) is 24.1 Å². The van der Waals surface area contributed by atoms with E-state index in [-0.39, 0.29) is 0 Å². The Hall–Kier alpha value is -1.16. The first-order chi connectivity index (χ1) is 8.29. The first-order valence-corrected chi connectivity index (χ1v) is 7.17. The molecule has 3 nitrogen and oxygen atoms in total. The van der Waals surface area contributed by atoms with Crippen LogP contribution in [0, 0.1) is 0 Å². The predicted octanol–water partition coefficient (Wildman–Crippen LogP) is 3.83. The van der Waals surface area contributed by atoms with Gasteiger partial charge in [-0.15, -0.1) is 0 Å². The maximum atomic E-state index is 5.70. The van der Waals surface area contributed by atoms with Crippen molar-refractivity contribution in [2.45, 2.75) is 31.9 Å². The summed E-state index contributed by atoms with van der Waals surface area (Å²) >= 11 is 1.88. The topological polar surface area (TPSA) is 52.0 Å². The summed E-state index contributed by atoms with van der Waals surface area (Å²) in [5, 5.41) is 0. The number of hydrogen-bond donors (Lipinski definition) is 1. The number of hydrogen-bond acceptors (Lipinski definition) is 4. The molecule has 0 spiro atoms. The molecule has 0 atom stereocenters. The third-order valence-electron chi connectivity index (χ3n) is 2.57. The third kappa shape index (κ3) is 3.40. The highest BCUT2D eigenvalue weighted by Crippen LogP contribution is 2.21. The number of unbranched alkanes of at least 4 members (excludes halogenated alkanes) is 2. The van der Waals surface area contributed by atoms with E-state index >= 15 is 0 Å². The van der Waals surface area contributed by atoms with Crippen LogP contribution in [0.5, 0.6) is 0 Å². The molecule has 2 aromatic rings. The largest absolute Gasteiger partial charge is 0.440 e. The molecule has 0 saturated heterocycles. The Morgan fingerprint density at radius 1 is 1.35 bits per heavy atom. The SMILES string of the molecule is CCCCCSCc1nc2cc(N)ccc2o1. The number of nitrogens with zero attached hydrogens (tertiary/aromatic N) is 1. The first kappa shape index (κ1) is 12.3. The van der Waals surface area contributed by atoms with Gasteiger partial charge in [0.05, 0.1) is 5.75 Å². The Morgan fingerprint density at radius 2 is 2.24 bits per heavy atom. The van der Waals surface area contributed by atoms with E-state index in [4.69, 9.17) is 10.2 Å². The average molecular weight is 250 g/mol. The molecular weight excluding hydrogens is 232 g/mol. The van der Waals surface area contributed by atoms with Gasteiger partial charge in [0.2, 0.25) is 5.89 Å². The molecule has 4 heteroatoms. The van der Waals surface area contributed by atoms with Crippen LogP contribution in [0.3, 0.4) is 0 Å². The zero-order valence-electron chi connectivity index (χ0n) is 10.1. The average Bonchev–Trinajstić information content (AvgIpc) is 2.70. The Labute approximate surface area is 106 Å². The maximum absolute atomic E-state index is 5.70. The summed E-state index contributed by atoms with van der Waals surface area (Å²) in [5.41, 5.74) is 8.11. The van der Waals surface area contributed by atoms with Gasteiger partial charge in [-0.05, 0) is 30.4 Å². The van der Waals surface area contributed by atoms with Crippen molar-refractivity contribution in [2.75, 3.05) is 11.5 Å². The van der Waals surface area contributed by atoms with Gasteiger partial charge in [0.1, 0.15) is 5.52 Å². The minimum absolute atomic E-state index is 0.730. The van der Waals surface area contributed by atoms with E-state index in [1.165, 1.54) is 25.0 Å². The predicted molar refractivity (Wildman–Crippen MR) is 74.1 cm³/mol. The van der Waals surface area contributed by atoms with Crippen molar-refractivity contribution < 1.29 is 4.42 Å². The van der Waals surface area contributed by atoms with Crippen LogP contribution in [0.15, 0.2) is 22.6 Å². The monoisotopic (exact) mass is 250 g/mol. The number of benzene rings is 1. The molecule has 1 heterocycles. The fraction of sp³-hybridized carbons (Fsp3) is 0.462. The molecule has 2 rings (SSSR count). The number of fused-ring (bicyclic) bond motifs is 1. The van der Waals surface area contributed by atoms with Gasteiger partial charge in [-0.3, -0.25) is 0 Å². The molecule has 1 aromatic carbocycles. The third-order valence-corrected chi connectivity index (χ3v) is 3.60. The zero-order valence-corrected chi connectivity index (χ0v) is 10.9. The minimum atomic E-state index is 0.730. The normalized spacial score (nSPS) is 11.1. The molecule has 0 amide bonds. The summed E-state index contributed by atoms with van der Waals surface area (Å²) in [5.74, 6) is 2.82. The molecule has 0 saturated carbocycles. The first-order valence-electron chi connectivity index (χ1n) is 6.02. The van der Waals surface area contributed by atoms with Gasteiger partial charge in [-0.2, -0.15) is 11.8 Å². The molecule has 0 radical (unpaired) electrons. The second kappa shape index (κ2) is 5.96. The molecule has 0 unspecified atom stereocenters. The summed E-state index contributed by atoms with van der Waals surface area (Å²) in [6.45, 7) is 2.22. The van der Waals surface area contributed by atoms with E-state index in [1.807, 2.05) is 30.0 Å². The minimum Gasteiger partial charge on any atom is -0.440 e. The standard InChI is InChI=1S/C13H18N2OS/c1-2-3-4-7-17-9-13-15-11-8-10(14)5-6-12(11)16-13/h5-6,8H,2-4,7,9,14H2,1H3. The number of rotatable bonds is 6. The summed E-state index contributed by atoms with van der Waals surface area (Å²) in [6.07, 6.45) is 3.84. The van der Waals surface area contributed by atoms with Gasteiger partial charge >= 0.3 is 0 Å². The van der Waals surface area contributed by atoms with E-state index in [9.17, 15) is 0 Å². The molecule has 1 aromatic heterocycles. The van der Waals surface area contributed by atoms with Crippen molar-refractivity contribution in [2.24, 2.45) is 0 Å². The van der Waals surface area contributed by atoms with Crippen LogP contribution in [0.2, 0.25) is 0 Å². The van der Waals surface area contributed by atoms with E-state index in [2.05, 4.69) is 11.9 Å². The highest BCUT2D eigenvalue weighted by molar-refractivity contribution is 7.98. The number of thioether (sulfide) groups is 1. The molecule has 0 aliphatic heterocycles. The number of anilines is 1. The van der Waals surface area contributed by atoms with Crippen LogP contribution < -0.4 is 5.73 Å². The quantitative estimate of drug-likeness (QED) is 0.625. The Balaban J connectivity index is 1.91. The van der Waals surface area contributed by atoms with Crippen LogP contribution in [0.25, 0.3) is 11.1 Å². The number of nitrogens with two attached hydrogens (primary N) is 1. The molecule has 0 bridgehead atoms. The summed E-state index contributed by atoms with van der Waals surface area (Å²) in [6, 6.07) is 5.57. The lowest BCUT2D eigenvalue weighted by molar-refractivity contribution is 0.556. The Bertz CT molecular complexity index is 481. The summed E-state index contributed by atoms with van der Waals surface area (Å²) < 4.78 is 5.64. The molecule has 17 heavy (non-hydrogen) atoms. The lowest BCUT2D eigenvalue weighted by Crippen LogP contribution is -1.84. The fourth-order valence-electron chi connectivity index (χ4n) is 1.67. The highest BCUT2D eigenvalue weighted by atomic mass is 32.2. The Morgan fingerprint density at radius 3 is 3.06 bits per heavy atom. The fourth-order valence-corrected chi connectivity index (χ4v) is 2.52. The highest BCUT2D eigenvalue weighted by Gasteiger charge is 2.05. The molecule has 0 aliphatic carbocycles. The van der Waals surface area contributed by atoms with Gasteiger partial charge in [-0.25, -0.2) is 4.98 Å². The van der Waals surface area contributed by atoms with Gasteiger partial charge in [0, 0.05) is 5.69 Å². The van der Waals surface area contributed by atoms with E-state index in [0.717, 1.165) is 28.4 Å². The van der Waals surface area contributed by atoms with Crippen LogP contribution in [0.1, 0.15) is 32.1 Å². The second-order valence-electron chi connectivity index (χ2n) is 4.09. The molecule has 2 N–H and O–H groups in total. The van der Waals surface area contributed by atoms with Crippen molar-refractivity contribution >= 4 is 28.5 Å².